The van der Waals surface area contributed by atoms with E-state index in [4.69, 9.17) is 29.4 Å². The lowest BCUT2D eigenvalue weighted by atomic mass is 10.1. The molecule has 30 heavy (non-hydrogen) atoms. The van der Waals surface area contributed by atoms with Gasteiger partial charge in [0.1, 0.15) is 11.5 Å². The Balaban J connectivity index is 1.80. The molecule has 0 aliphatic rings. The molecule has 0 saturated carbocycles. The van der Waals surface area contributed by atoms with Gasteiger partial charge in [-0.25, -0.2) is 14.5 Å². The van der Waals surface area contributed by atoms with Gasteiger partial charge in [-0.3, -0.25) is 4.40 Å². The van der Waals surface area contributed by atoms with E-state index in [1.165, 1.54) is 0 Å². The molecule has 0 saturated heterocycles. The molecule has 4 nitrogen and oxygen atoms in total. The lowest BCUT2D eigenvalue weighted by Crippen LogP contribution is -2.11. The molecular weight excluding hydrogens is 408 g/mol. The van der Waals surface area contributed by atoms with Gasteiger partial charge in [0.2, 0.25) is 4.77 Å². The van der Waals surface area contributed by atoms with Crippen molar-refractivity contribution in [2.24, 2.45) is 0 Å². The SMILES string of the molecule is S=c1nc2c(-c3ccccc3)cccn2c(=S)n1-c1ncccc1-c1ccccc1. The summed E-state index contributed by atoms with van der Waals surface area (Å²) in [4.78, 5) is 9.37. The van der Waals surface area contributed by atoms with Crippen LogP contribution in [-0.2, 0) is 0 Å². The van der Waals surface area contributed by atoms with E-state index in [-0.39, 0.29) is 0 Å². The van der Waals surface area contributed by atoms with Crippen LogP contribution >= 0.6 is 24.4 Å². The van der Waals surface area contributed by atoms with Crippen molar-refractivity contribution in [2.45, 2.75) is 0 Å². The number of aromatic nitrogens is 4. The number of hydrogen-bond acceptors (Lipinski definition) is 4. The Hall–Kier alpha value is -3.48. The highest BCUT2D eigenvalue weighted by molar-refractivity contribution is 7.72. The molecule has 3 aromatic heterocycles. The minimum Gasteiger partial charge on any atom is -0.277 e. The van der Waals surface area contributed by atoms with Gasteiger partial charge in [-0.2, -0.15) is 0 Å². The topological polar surface area (TPSA) is 35.1 Å². The van der Waals surface area contributed by atoms with Crippen molar-refractivity contribution < 1.29 is 0 Å². The van der Waals surface area contributed by atoms with Crippen LogP contribution in [0.3, 0.4) is 0 Å². The minimum absolute atomic E-state index is 0.374. The molecule has 5 aromatic rings. The van der Waals surface area contributed by atoms with Gasteiger partial charge < -0.3 is 0 Å². The summed E-state index contributed by atoms with van der Waals surface area (Å²) in [5, 5.41) is 0. The summed E-state index contributed by atoms with van der Waals surface area (Å²) in [6.07, 6.45) is 3.65. The second-order valence-electron chi connectivity index (χ2n) is 6.73. The molecule has 0 atom stereocenters. The van der Waals surface area contributed by atoms with Crippen molar-refractivity contribution >= 4 is 30.1 Å². The van der Waals surface area contributed by atoms with E-state index in [0.29, 0.717) is 15.4 Å². The summed E-state index contributed by atoms with van der Waals surface area (Å²) < 4.78 is 4.55. The maximum absolute atomic E-state index is 5.86. The summed E-state index contributed by atoms with van der Waals surface area (Å²) in [6.45, 7) is 0. The highest BCUT2D eigenvalue weighted by Gasteiger charge is 2.14. The molecule has 6 heteroatoms. The summed E-state index contributed by atoms with van der Waals surface area (Å²) in [5.41, 5.74) is 4.76. The zero-order valence-electron chi connectivity index (χ0n) is 15.8. The maximum atomic E-state index is 5.86. The lowest BCUT2D eigenvalue weighted by molar-refractivity contribution is 0.834. The van der Waals surface area contributed by atoms with Crippen LogP contribution in [0.2, 0.25) is 0 Å². The molecule has 144 valence electrons. The average molecular weight is 425 g/mol. The minimum atomic E-state index is 0.374. The van der Waals surface area contributed by atoms with Crippen LogP contribution in [0.1, 0.15) is 0 Å². The Morgan fingerprint density at radius 1 is 0.667 bits per heavy atom. The molecule has 2 aromatic carbocycles. The standard InChI is InChI=1S/C24H16N4S2/c29-23-26-22-20(18-11-5-2-6-12-18)14-8-16-27(22)24(30)28(23)21-19(13-7-15-25-21)17-9-3-1-4-10-17/h1-16H. The number of benzene rings is 2. The van der Waals surface area contributed by atoms with E-state index >= 15 is 0 Å². The Morgan fingerprint density at radius 2 is 1.30 bits per heavy atom. The Morgan fingerprint density at radius 3 is 2.00 bits per heavy atom. The quantitative estimate of drug-likeness (QED) is 0.318. The Labute approximate surface area is 183 Å². The van der Waals surface area contributed by atoms with Gasteiger partial charge >= 0.3 is 0 Å². The van der Waals surface area contributed by atoms with E-state index in [0.717, 1.165) is 27.9 Å². The predicted octanol–water partition coefficient (Wildman–Crippen LogP) is 6.31. The third kappa shape index (κ3) is 3.16. The van der Waals surface area contributed by atoms with Crippen LogP contribution in [0.15, 0.2) is 97.3 Å². The molecule has 0 amide bonds. The van der Waals surface area contributed by atoms with E-state index in [2.05, 4.69) is 17.1 Å². The van der Waals surface area contributed by atoms with E-state index in [1.807, 2.05) is 83.4 Å². The van der Waals surface area contributed by atoms with Crippen molar-refractivity contribution in [2.75, 3.05) is 0 Å². The first-order valence-corrected chi connectivity index (χ1v) is 10.3. The molecule has 0 aliphatic heterocycles. The molecular formula is C24H16N4S2. The number of nitrogens with zero attached hydrogens (tertiary/aromatic N) is 4. The molecule has 0 fully saturated rings. The van der Waals surface area contributed by atoms with Gasteiger partial charge in [-0.05, 0) is 59.8 Å². The van der Waals surface area contributed by atoms with Crippen LogP contribution in [0.25, 0.3) is 33.7 Å². The summed E-state index contributed by atoms with van der Waals surface area (Å²) in [7, 11) is 0. The number of pyridine rings is 2. The number of rotatable bonds is 3. The highest BCUT2D eigenvalue weighted by Crippen LogP contribution is 2.27. The van der Waals surface area contributed by atoms with Crippen molar-refractivity contribution in [3.8, 4) is 28.1 Å². The summed E-state index contributed by atoms with van der Waals surface area (Å²) >= 11 is 11.6. The normalized spacial score (nSPS) is 10.9. The summed E-state index contributed by atoms with van der Waals surface area (Å²) in [5.74, 6) is 0.672. The first-order valence-electron chi connectivity index (χ1n) is 9.45. The van der Waals surface area contributed by atoms with Crippen LogP contribution in [0.4, 0.5) is 0 Å². The van der Waals surface area contributed by atoms with Gasteiger partial charge in [-0.15, -0.1) is 0 Å². The van der Waals surface area contributed by atoms with Crippen molar-refractivity contribution in [1.82, 2.24) is 18.9 Å². The van der Waals surface area contributed by atoms with Crippen LogP contribution in [0.5, 0.6) is 0 Å². The van der Waals surface area contributed by atoms with Gasteiger partial charge in [0.25, 0.3) is 0 Å². The molecule has 0 spiro atoms. The monoisotopic (exact) mass is 424 g/mol. The fraction of sp³-hybridized carbons (Fsp3) is 0. The second-order valence-corrected chi connectivity index (χ2v) is 7.46. The average Bonchev–Trinajstić information content (AvgIpc) is 2.80. The smallest absolute Gasteiger partial charge is 0.209 e. The van der Waals surface area contributed by atoms with Gasteiger partial charge in [0.15, 0.2) is 4.77 Å². The lowest BCUT2D eigenvalue weighted by Gasteiger charge is -2.15. The fourth-order valence-electron chi connectivity index (χ4n) is 3.54. The predicted molar refractivity (Wildman–Crippen MR) is 125 cm³/mol. The second kappa shape index (κ2) is 7.74. The zero-order chi connectivity index (χ0) is 20.5. The summed E-state index contributed by atoms with van der Waals surface area (Å²) in [6, 6.07) is 28.1. The molecule has 0 unspecified atom stereocenters. The molecule has 0 bridgehead atoms. The molecule has 0 aliphatic carbocycles. The number of fused-ring (bicyclic) bond motifs is 1. The third-order valence-corrected chi connectivity index (χ3v) is 5.58. The molecule has 3 heterocycles. The maximum Gasteiger partial charge on any atom is 0.209 e. The molecule has 0 radical (unpaired) electrons. The Bertz CT molecular complexity index is 1470. The third-order valence-electron chi connectivity index (χ3n) is 4.93. The van der Waals surface area contributed by atoms with E-state index < -0.39 is 0 Å². The van der Waals surface area contributed by atoms with Crippen molar-refractivity contribution in [3.63, 3.8) is 0 Å². The fourth-order valence-corrected chi connectivity index (χ4v) is 4.18. The largest absolute Gasteiger partial charge is 0.277 e. The first-order chi connectivity index (χ1) is 14.7. The first kappa shape index (κ1) is 18.5. The van der Waals surface area contributed by atoms with E-state index in [9.17, 15) is 0 Å². The van der Waals surface area contributed by atoms with Crippen LogP contribution in [-0.4, -0.2) is 18.9 Å². The molecule has 5 rings (SSSR count). The van der Waals surface area contributed by atoms with Gasteiger partial charge in [-0.1, -0.05) is 60.7 Å². The Kier molecular flexibility index (Phi) is 4.78. The van der Waals surface area contributed by atoms with Crippen molar-refractivity contribution in [1.29, 1.82) is 0 Å². The molecule has 0 N–H and O–H groups in total. The highest BCUT2D eigenvalue weighted by atomic mass is 32.1. The van der Waals surface area contributed by atoms with E-state index in [1.54, 1.807) is 10.8 Å². The zero-order valence-corrected chi connectivity index (χ0v) is 17.5. The van der Waals surface area contributed by atoms with Crippen LogP contribution in [0, 0.1) is 9.54 Å². The number of hydrogen-bond donors (Lipinski definition) is 0. The van der Waals surface area contributed by atoms with Crippen LogP contribution < -0.4 is 0 Å². The van der Waals surface area contributed by atoms with Gasteiger partial charge in [0, 0.05) is 23.5 Å². The van der Waals surface area contributed by atoms with Crippen molar-refractivity contribution in [3.05, 3.63) is 107 Å². The van der Waals surface area contributed by atoms with Gasteiger partial charge in [0.05, 0.1) is 0 Å².